The Morgan fingerprint density at radius 1 is 0.971 bits per heavy atom. The maximum absolute atomic E-state index is 13.1. The Bertz CT molecular complexity index is 1340. The maximum Gasteiger partial charge on any atom is 0.335 e. The number of non-ortho nitro benzene ring substituents is 1. The van der Waals surface area contributed by atoms with E-state index >= 15 is 0 Å². The summed E-state index contributed by atoms with van der Waals surface area (Å²) in [5.41, 5.74) is 0.957. The van der Waals surface area contributed by atoms with Crippen molar-refractivity contribution in [3.05, 3.63) is 105 Å². The van der Waals surface area contributed by atoms with Crippen LogP contribution >= 0.6 is 11.6 Å². The number of benzene rings is 3. The van der Waals surface area contributed by atoms with Crippen LogP contribution in [0.15, 0.2) is 78.4 Å². The molecule has 3 aromatic rings. The minimum absolute atomic E-state index is 0.0340. The number of barbiturate groups is 1. The summed E-state index contributed by atoms with van der Waals surface area (Å²) < 4.78 is 5.83. The van der Waals surface area contributed by atoms with Crippen LogP contribution in [0, 0.1) is 10.1 Å². The highest BCUT2D eigenvalue weighted by atomic mass is 35.5. The van der Waals surface area contributed by atoms with E-state index in [4.69, 9.17) is 16.3 Å². The van der Waals surface area contributed by atoms with Gasteiger partial charge in [-0.3, -0.25) is 25.0 Å². The number of rotatable bonds is 6. The van der Waals surface area contributed by atoms with E-state index < -0.39 is 22.8 Å². The van der Waals surface area contributed by atoms with Crippen LogP contribution in [0.3, 0.4) is 0 Å². The molecule has 34 heavy (non-hydrogen) atoms. The lowest BCUT2D eigenvalue weighted by Crippen LogP contribution is -2.54. The van der Waals surface area contributed by atoms with E-state index in [0.717, 1.165) is 4.90 Å². The van der Waals surface area contributed by atoms with Crippen molar-refractivity contribution >= 4 is 46.9 Å². The third kappa shape index (κ3) is 4.64. The Morgan fingerprint density at radius 2 is 1.65 bits per heavy atom. The molecule has 0 aliphatic carbocycles. The SMILES string of the molecule is O=C1NC(=O)N(c2ccccc2Cl)C(=O)/C1=C/c1ccccc1OCc1ccc([N+](=O)[O-])cc1. The predicted molar refractivity (Wildman–Crippen MR) is 124 cm³/mol. The monoisotopic (exact) mass is 477 g/mol. The number of hydrogen-bond donors (Lipinski definition) is 1. The summed E-state index contributed by atoms with van der Waals surface area (Å²) in [6.07, 6.45) is 1.33. The van der Waals surface area contributed by atoms with Gasteiger partial charge < -0.3 is 4.74 Å². The lowest BCUT2D eigenvalue weighted by atomic mass is 10.1. The van der Waals surface area contributed by atoms with Crippen LogP contribution in [0.5, 0.6) is 5.75 Å². The van der Waals surface area contributed by atoms with Gasteiger partial charge in [-0.1, -0.05) is 41.9 Å². The molecule has 1 aliphatic heterocycles. The number of amides is 4. The van der Waals surface area contributed by atoms with Gasteiger partial charge in [0.15, 0.2) is 0 Å². The van der Waals surface area contributed by atoms with Crippen molar-refractivity contribution in [3.8, 4) is 5.75 Å². The fourth-order valence-corrected chi connectivity index (χ4v) is 3.49. The highest BCUT2D eigenvalue weighted by Gasteiger charge is 2.37. The summed E-state index contributed by atoms with van der Waals surface area (Å²) >= 11 is 6.15. The van der Waals surface area contributed by atoms with Crippen molar-refractivity contribution in [1.29, 1.82) is 0 Å². The number of nitrogens with zero attached hydrogens (tertiary/aromatic N) is 2. The minimum Gasteiger partial charge on any atom is -0.488 e. The Balaban J connectivity index is 1.61. The minimum atomic E-state index is -0.900. The van der Waals surface area contributed by atoms with Crippen molar-refractivity contribution in [2.24, 2.45) is 0 Å². The smallest absolute Gasteiger partial charge is 0.335 e. The predicted octanol–water partition coefficient (Wildman–Crippen LogP) is 4.49. The normalized spacial score (nSPS) is 14.8. The van der Waals surface area contributed by atoms with Gasteiger partial charge in [0.1, 0.15) is 17.9 Å². The summed E-state index contributed by atoms with van der Waals surface area (Å²) in [5, 5.41) is 13.1. The third-order valence-corrected chi connectivity index (χ3v) is 5.27. The topological polar surface area (TPSA) is 119 Å². The molecule has 1 aliphatic rings. The van der Waals surface area contributed by atoms with E-state index in [1.165, 1.54) is 30.3 Å². The van der Waals surface area contributed by atoms with Crippen LogP contribution in [0.2, 0.25) is 5.02 Å². The zero-order chi connectivity index (χ0) is 24.2. The second kappa shape index (κ2) is 9.55. The molecule has 1 N–H and O–H groups in total. The van der Waals surface area contributed by atoms with Gasteiger partial charge in [-0.05, 0) is 42.0 Å². The van der Waals surface area contributed by atoms with Crippen molar-refractivity contribution in [3.63, 3.8) is 0 Å². The van der Waals surface area contributed by atoms with E-state index in [0.29, 0.717) is 16.9 Å². The standard InChI is InChI=1S/C24H16ClN3O6/c25-19-6-2-3-7-20(19)27-23(30)18(22(29)26-24(27)31)13-16-5-1-4-8-21(16)34-14-15-9-11-17(12-10-15)28(32)33/h1-13H,14H2,(H,26,29,31)/b18-13+. The van der Waals surface area contributed by atoms with Crippen LogP contribution in [0.1, 0.15) is 11.1 Å². The quantitative estimate of drug-likeness (QED) is 0.242. The molecule has 0 bridgehead atoms. The number of carbonyl (C=O) groups excluding carboxylic acids is 3. The van der Waals surface area contributed by atoms with Gasteiger partial charge in [0, 0.05) is 17.7 Å². The Kier molecular flexibility index (Phi) is 6.37. The average Bonchev–Trinajstić information content (AvgIpc) is 2.82. The molecule has 1 saturated heterocycles. The molecule has 0 spiro atoms. The van der Waals surface area contributed by atoms with Gasteiger partial charge in [-0.15, -0.1) is 0 Å². The number of anilines is 1. The molecular weight excluding hydrogens is 462 g/mol. The van der Waals surface area contributed by atoms with Crippen LogP contribution in [-0.4, -0.2) is 22.8 Å². The Labute approximate surface area is 198 Å². The number of nitro groups is 1. The molecule has 0 saturated carbocycles. The molecule has 10 heteroatoms. The van der Waals surface area contributed by atoms with Crippen LogP contribution in [-0.2, 0) is 16.2 Å². The van der Waals surface area contributed by atoms with Gasteiger partial charge in [-0.2, -0.15) is 0 Å². The van der Waals surface area contributed by atoms with Crippen molar-refractivity contribution < 1.29 is 24.0 Å². The number of imide groups is 2. The van der Waals surface area contributed by atoms with Crippen LogP contribution in [0.25, 0.3) is 6.08 Å². The first-order valence-electron chi connectivity index (χ1n) is 9.96. The summed E-state index contributed by atoms with van der Waals surface area (Å²) in [4.78, 5) is 49.1. The molecule has 4 amide bonds. The lowest BCUT2D eigenvalue weighted by molar-refractivity contribution is -0.384. The van der Waals surface area contributed by atoms with Crippen molar-refractivity contribution in [2.75, 3.05) is 4.90 Å². The van der Waals surface area contributed by atoms with Gasteiger partial charge >= 0.3 is 6.03 Å². The Morgan fingerprint density at radius 3 is 2.35 bits per heavy atom. The van der Waals surface area contributed by atoms with E-state index in [2.05, 4.69) is 5.32 Å². The number of hydrogen-bond acceptors (Lipinski definition) is 6. The zero-order valence-corrected chi connectivity index (χ0v) is 18.2. The van der Waals surface area contributed by atoms with Crippen LogP contribution < -0.4 is 15.0 Å². The fourth-order valence-electron chi connectivity index (χ4n) is 3.27. The lowest BCUT2D eigenvalue weighted by Gasteiger charge is -2.27. The first-order chi connectivity index (χ1) is 16.3. The summed E-state index contributed by atoms with van der Waals surface area (Å²) in [6.45, 7) is 0.0998. The number of carbonyl (C=O) groups is 3. The van der Waals surface area contributed by atoms with E-state index in [-0.39, 0.29) is 28.6 Å². The number of nitrogens with one attached hydrogen (secondary N) is 1. The summed E-state index contributed by atoms with van der Waals surface area (Å²) in [7, 11) is 0. The highest BCUT2D eigenvalue weighted by Crippen LogP contribution is 2.30. The molecule has 9 nitrogen and oxygen atoms in total. The fraction of sp³-hybridized carbons (Fsp3) is 0.0417. The molecule has 4 rings (SSSR count). The van der Waals surface area contributed by atoms with Gasteiger partial charge in [-0.25, -0.2) is 9.69 Å². The first kappa shape index (κ1) is 22.7. The molecule has 0 unspecified atom stereocenters. The third-order valence-electron chi connectivity index (χ3n) is 4.96. The largest absolute Gasteiger partial charge is 0.488 e. The van der Waals surface area contributed by atoms with E-state index in [9.17, 15) is 24.5 Å². The summed E-state index contributed by atoms with van der Waals surface area (Å²) in [6, 6.07) is 18.0. The van der Waals surface area contributed by atoms with Gasteiger partial charge in [0.25, 0.3) is 17.5 Å². The van der Waals surface area contributed by atoms with Gasteiger partial charge in [0.05, 0.1) is 15.6 Å². The zero-order valence-electron chi connectivity index (χ0n) is 17.4. The van der Waals surface area contributed by atoms with E-state index in [1.807, 2.05) is 0 Å². The molecule has 0 atom stereocenters. The molecule has 1 fully saturated rings. The second-order valence-electron chi connectivity index (χ2n) is 7.16. The van der Waals surface area contributed by atoms with Crippen LogP contribution in [0.4, 0.5) is 16.2 Å². The molecule has 0 aromatic heterocycles. The maximum atomic E-state index is 13.1. The van der Waals surface area contributed by atoms with Crippen molar-refractivity contribution in [2.45, 2.75) is 6.61 Å². The summed E-state index contributed by atoms with van der Waals surface area (Å²) in [5.74, 6) is -1.30. The number of para-hydroxylation sites is 2. The highest BCUT2D eigenvalue weighted by molar-refractivity contribution is 6.42. The molecule has 1 heterocycles. The first-order valence-corrected chi connectivity index (χ1v) is 10.3. The molecular formula is C24H16ClN3O6. The number of nitro benzene ring substituents is 1. The number of halogens is 1. The molecule has 3 aromatic carbocycles. The molecule has 170 valence electrons. The van der Waals surface area contributed by atoms with Crippen molar-refractivity contribution in [1.82, 2.24) is 5.32 Å². The second-order valence-corrected chi connectivity index (χ2v) is 7.57. The number of ether oxygens (including phenoxy) is 1. The van der Waals surface area contributed by atoms with E-state index in [1.54, 1.807) is 48.5 Å². The van der Waals surface area contributed by atoms with Gasteiger partial charge in [0.2, 0.25) is 0 Å². The Hall–Kier alpha value is -4.50. The average molecular weight is 478 g/mol. The number of urea groups is 1. The molecule has 0 radical (unpaired) electrons.